The first-order chi connectivity index (χ1) is 10.9. The van der Waals surface area contributed by atoms with E-state index in [0.29, 0.717) is 0 Å². The van der Waals surface area contributed by atoms with Crippen LogP contribution in [0.4, 0.5) is 14.5 Å². The zero-order valence-electron chi connectivity index (χ0n) is 11.6. The van der Waals surface area contributed by atoms with Crippen LogP contribution in [0.3, 0.4) is 0 Å². The minimum absolute atomic E-state index is 0.0606. The molecule has 0 unspecified atom stereocenters. The molecule has 9 heteroatoms. The maximum Gasteiger partial charge on any atom is 0.387 e. The fourth-order valence-electron chi connectivity index (χ4n) is 1.72. The van der Waals surface area contributed by atoms with Crippen molar-refractivity contribution < 1.29 is 23.0 Å². The van der Waals surface area contributed by atoms with E-state index in [-0.39, 0.29) is 32.8 Å². The van der Waals surface area contributed by atoms with Crippen molar-refractivity contribution in [2.45, 2.75) is 6.61 Å². The van der Waals surface area contributed by atoms with Gasteiger partial charge in [-0.25, -0.2) is 0 Å². The second-order valence-corrected chi connectivity index (χ2v) is 4.99. The third kappa shape index (κ3) is 4.20. The number of rotatable bonds is 5. The van der Waals surface area contributed by atoms with E-state index in [1.54, 1.807) is 0 Å². The van der Waals surface area contributed by atoms with Crippen LogP contribution in [0.5, 0.6) is 11.5 Å². The van der Waals surface area contributed by atoms with Gasteiger partial charge in [0.1, 0.15) is 0 Å². The van der Waals surface area contributed by atoms with Gasteiger partial charge in [-0.1, -0.05) is 23.2 Å². The first-order valence-electron chi connectivity index (χ1n) is 6.15. The van der Waals surface area contributed by atoms with E-state index in [9.17, 15) is 13.6 Å². The minimum Gasteiger partial charge on any atom is -0.493 e. The number of nitrogens with zero attached hydrogens (tertiary/aromatic N) is 1. The van der Waals surface area contributed by atoms with Gasteiger partial charge in [-0.05, 0) is 18.2 Å². The van der Waals surface area contributed by atoms with Crippen molar-refractivity contribution in [3.05, 3.63) is 46.2 Å². The Kier molecular flexibility index (Phi) is 5.57. The predicted molar refractivity (Wildman–Crippen MR) is 81.8 cm³/mol. The van der Waals surface area contributed by atoms with E-state index in [1.807, 2.05) is 0 Å². The summed E-state index contributed by atoms with van der Waals surface area (Å²) in [6.07, 6.45) is 2.62. The Balaban J connectivity index is 2.29. The zero-order chi connectivity index (χ0) is 17.0. The van der Waals surface area contributed by atoms with Crippen LogP contribution in [-0.4, -0.2) is 24.6 Å². The number of carbonyl (C=O) groups excluding carboxylic acids is 1. The van der Waals surface area contributed by atoms with Crippen LogP contribution in [0.1, 0.15) is 10.4 Å². The molecule has 0 atom stereocenters. The van der Waals surface area contributed by atoms with E-state index < -0.39 is 12.5 Å². The highest BCUT2D eigenvalue weighted by Crippen LogP contribution is 2.32. The third-order valence-electron chi connectivity index (χ3n) is 2.73. The molecule has 1 heterocycles. The molecule has 23 heavy (non-hydrogen) atoms. The van der Waals surface area contributed by atoms with E-state index >= 15 is 0 Å². The molecular formula is C14H10Cl2F2N2O3. The molecular weight excluding hydrogens is 353 g/mol. The lowest BCUT2D eigenvalue weighted by molar-refractivity contribution is -0.0512. The molecule has 2 aromatic rings. The summed E-state index contributed by atoms with van der Waals surface area (Å²) in [7, 11) is 1.30. The smallest absolute Gasteiger partial charge is 0.387 e. The van der Waals surface area contributed by atoms with Crippen LogP contribution in [0, 0.1) is 0 Å². The van der Waals surface area contributed by atoms with Gasteiger partial charge < -0.3 is 14.8 Å². The number of methoxy groups -OCH3 is 1. The highest BCUT2D eigenvalue weighted by atomic mass is 35.5. The second kappa shape index (κ2) is 7.43. The lowest BCUT2D eigenvalue weighted by Crippen LogP contribution is -2.13. The van der Waals surface area contributed by atoms with Crippen molar-refractivity contribution in [1.29, 1.82) is 0 Å². The first kappa shape index (κ1) is 17.2. The number of anilines is 1. The molecule has 1 aromatic heterocycles. The monoisotopic (exact) mass is 362 g/mol. The summed E-state index contributed by atoms with van der Waals surface area (Å²) in [6.45, 7) is -3.05. The lowest BCUT2D eigenvalue weighted by atomic mass is 10.2. The van der Waals surface area contributed by atoms with Crippen molar-refractivity contribution in [1.82, 2.24) is 4.98 Å². The van der Waals surface area contributed by atoms with E-state index in [0.717, 1.165) is 6.07 Å². The van der Waals surface area contributed by atoms with E-state index in [2.05, 4.69) is 15.0 Å². The topological polar surface area (TPSA) is 60.5 Å². The maximum atomic E-state index is 12.4. The largest absolute Gasteiger partial charge is 0.493 e. The van der Waals surface area contributed by atoms with Crippen LogP contribution >= 0.6 is 23.2 Å². The number of hydrogen-bond acceptors (Lipinski definition) is 4. The number of hydrogen-bond donors (Lipinski definition) is 1. The Morgan fingerprint density at radius 3 is 2.43 bits per heavy atom. The Bertz CT molecular complexity index is 709. The number of nitrogens with one attached hydrogen (secondary N) is 1. The van der Waals surface area contributed by atoms with Gasteiger partial charge in [-0.3, -0.25) is 9.78 Å². The molecule has 0 aliphatic heterocycles. The number of halogens is 4. The van der Waals surface area contributed by atoms with Crippen molar-refractivity contribution >= 4 is 34.8 Å². The van der Waals surface area contributed by atoms with Gasteiger partial charge in [-0.15, -0.1) is 0 Å². The quantitative estimate of drug-likeness (QED) is 0.863. The summed E-state index contributed by atoms with van der Waals surface area (Å²) >= 11 is 11.8. The Labute approximate surface area is 140 Å². The molecule has 0 bridgehead atoms. The molecule has 0 radical (unpaired) electrons. The number of benzene rings is 1. The SMILES string of the molecule is COc1ccc(C(=O)Nc2c(Cl)cncc2Cl)cc1OC(F)F. The van der Waals surface area contributed by atoms with Crippen LogP contribution in [0.15, 0.2) is 30.6 Å². The van der Waals surface area contributed by atoms with Gasteiger partial charge in [-0.2, -0.15) is 8.78 Å². The second-order valence-electron chi connectivity index (χ2n) is 4.18. The minimum atomic E-state index is -3.05. The summed E-state index contributed by atoms with van der Waals surface area (Å²) in [5, 5.41) is 2.77. The molecule has 0 saturated heterocycles. The number of aromatic nitrogens is 1. The van der Waals surface area contributed by atoms with E-state index in [1.165, 1.54) is 31.6 Å². The summed E-state index contributed by atoms with van der Waals surface area (Å²) in [5.41, 5.74) is 0.228. The van der Waals surface area contributed by atoms with Gasteiger partial charge >= 0.3 is 6.61 Å². The molecule has 0 aliphatic rings. The molecule has 122 valence electrons. The molecule has 5 nitrogen and oxygen atoms in total. The highest BCUT2D eigenvalue weighted by Gasteiger charge is 2.16. The Morgan fingerprint density at radius 1 is 1.22 bits per heavy atom. The number of pyridine rings is 1. The van der Waals surface area contributed by atoms with Crippen LogP contribution in [-0.2, 0) is 0 Å². The molecule has 0 spiro atoms. The van der Waals surface area contributed by atoms with Gasteiger partial charge in [0, 0.05) is 18.0 Å². The molecule has 0 fully saturated rings. The molecule has 1 N–H and O–H groups in total. The van der Waals surface area contributed by atoms with Gasteiger partial charge in [0.15, 0.2) is 11.5 Å². The average molecular weight is 363 g/mol. The maximum absolute atomic E-state index is 12.4. The normalized spacial score (nSPS) is 10.5. The number of amides is 1. The average Bonchev–Trinajstić information content (AvgIpc) is 2.50. The molecule has 1 amide bonds. The lowest BCUT2D eigenvalue weighted by Gasteiger charge is -2.12. The predicted octanol–water partition coefficient (Wildman–Crippen LogP) is 4.25. The van der Waals surface area contributed by atoms with Crippen molar-refractivity contribution in [3.63, 3.8) is 0 Å². The van der Waals surface area contributed by atoms with Crippen molar-refractivity contribution in [2.24, 2.45) is 0 Å². The zero-order valence-corrected chi connectivity index (χ0v) is 13.2. The van der Waals surface area contributed by atoms with Crippen molar-refractivity contribution in [2.75, 3.05) is 12.4 Å². The standard InChI is InChI=1S/C14H10Cl2F2N2O3/c1-22-10-3-2-7(4-11(10)23-14(17)18)13(21)20-12-8(15)5-19-6-9(12)16/h2-6,14H,1H3,(H,19,20,21). The van der Waals surface area contributed by atoms with Crippen LogP contribution in [0.25, 0.3) is 0 Å². The van der Waals surface area contributed by atoms with Gasteiger partial charge in [0.25, 0.3) is 5.91 Å². The molecule has 2 rings (SSSR count). The molecule has 0 saturated carbocycles. The van der Waals surface area contributed by atoms with Crippen LogP contribution < -0.4 is 14.8 Å². The fourth-order valence-corrected chi connectivity index (χ4v) is 2.18. The Hall–Kier alpha value is -2.12. The van der Waals surface area contributed by atoms with Gasteiger partial charge in [0.05, 0.1) is 22.8 Å². The summed E-state index contributed by atoms with van der Waals surface area (Å²) in [5.74, 6) is -0.800. The first-order valence-corrected chi connectivity index (χ1v) is 6.91. The Morgan fingerprint density at radius 2 is 1.87 bits per heavy atom. The van der Waals surface area contributed by atoms with Crippen LogP contribution in [0.2, 0.25) is 10.0 Å². The summed E-state index contributed by atoms with van der Waals surface area (Å²) in [4.78, 5) is 16.0. The summed E-state index contributed by atoms with van der Waals surface area (Å²) < 4.78 is 34.0. The number of alkyl halides is 2. The summed E-state index contributed by atoms with van der Waals surface area (Å²) in [6, 6.07) is 3.85. The molecule has 0 aliphatic carbocycles. The highest BCUT2D eigenvalue weighted by molar-refractivity contribution is 6.39. The number of ether oxygens (including phenoxy) is 2. The number of carbonyl (C=O) groups is 1. The van der Waals surface area contributed by atoms with E-state index in [4.69, 9.17) is 27.9 Å². The third-order valence-corrected chi connectivity index (χ3v) is 3.31. The fraction of sp³-hybridized carbons (Fsp3) is 0.143. The molecule has 1 aromatic carbocycles. The van der Waals surface area contributed by atoms with Crippen molar-refractivity contribution in [3.8, 4) is 11.5 Å². The van der Waals surface area contributed by atoms with Gasteiger partial charge in [0.2, 0.25) is 0 Å².